The number of hydrogen-bond acceptors (Lipinski definition) is 4. The molecule has 0 amide bonds. The summed E-state index contributed by atoms with van der Waals surface area (Å²) in [5.74, 6) is -0.0465. The highest BCUT2D eigenvalue weighted by molar-refractivity contribution is 6.31. The Morgan fingerprint density at radius 1 is 0.784 bits per heavy atom. The van der Waals surface area contributed by atoms with Crippen LogP contribution in [0.1, 0.15) is 68.8 Å². The summed E-state index contributed by atoms with van der Waals surface area (Å²) < 4.78 is 10.9. The van der Waals surface area contributed by atoms with E-state index < -0.39 is 17.3 Å². The van der Waals surface area contributed by atoms with E-state index in [0.717, 1.165) is 29.5 Å². The van der Waals surface area contributed by atoms with Crippen LogP contribution in [0.15, 0.2) is 66.7 Å². The molecule has 196 valence electrons. The monoisotopic (exact) mass is 540 g/mol. The minimum atomic E-state index is -0.691. The van der Waals surface area contributed by atoms with Gasteiger partial charge in [0.2, 0.25) is 0 Å². The number of carbonyl (C=O) groups is 2. The molecule has 1 atom stereocenters. The van der Waals surface area contributed by atoms with Gasteiger partial charge in [-0.25, -0.2) is 4.79 Å². The lowest BCUT2D eigenvalue weighted by Gasteiger charge is -2.12. The first-order valence-electron chi connectivity index (χ1n) is 12.9. The summed E-state index contributed by atoms with van der Waals surface area (Å²) in [5.41, 5.74) is 3.34. The lowest BCUT2D eigenvalue weighted by molar-refractivity contribution is -0.134. The van der Waals surface area contributed by atoms with E-state index >= 15 is 0 Å². The molecule has 6 heteroatoms. The molecule has 0 aliphatic rings. The molecule has 0 N–H and O–H groups in total. The molecular weight excluding hydrogens is 507 g/mol. The molecule has 1 unspecified atom stereocenters. The largest absolute Gasteiger partial charge is 0.425 e. The molecule has 0 saturated heterocycles. The van der Waals surface area contributed by atoms with Crippen molar-refractivity contribution in [1.29, 1.82) is 0 Å². The van der Waals surface area contributed by atoms with Crippen molar-refractivity contribution in [3.63, 3.8) is 0 Å². The summed E-state index contributed by atoms with van der Waals surface area (Å²) in [4.78, 5) is 24.7. The zero-order valence-corrected chi connectivity index (χ0v) is 23.1. The molecule has 37 heavy (non-hydrogen) atoms. The van der Waals surface area contributed by atoms with Crippen molar-refractivity contribution in [1.82, 2.24) is 0 Å². The second-order valence-electron chi connectivity index (χ2n) is 9.48. The van der Waals surface area contributed by atoms with Crippen LogP contribution < -0.4 is 9.47 Å². The molecule has 0 spiro atoms. The van der Waals surface area contributed by atoms with E-state index in [9.17, 15) is 9.59 Å². The maximum Gasteiger partial charge on any atom is 0.343 e. The zero-order valence-electron chi connectivity index (χ0n) is 21.6. The van der Waals surface area contributed by atoms with E-state index in [-0.39, 0.29) is 5.92 Å². The third-order valence-corrected chi connectivity index (χ3v) is 7.15. The number of unbranched alkanes of at least 4 members (excludes halogenated alkanes) is 4. The number of benzene rings is 3. The number of alkyl halides is 1. The van der Waals surface area contributed by atoms with E-state index in [1.165, 1.54) is 25.7 Å². The van der Waals surface area contributed by atoms with Gasteiger partial charge in [0.05, 0.1) is 5.56 Å². The van der Waals surface area contributed by atoms with Crippen LogP contribution in [0.25, 0.3) is 11.1 Å². The molecule has 0 radical (unpaired) electrons. The van der Waals surface area contributed by atoms with Crippen molar-refractivity contribution in [2.24, 2.45) is 5.92 Å². The van der Waals surface area contributed by atoms with Crippen molar-refractivity contribution in [3.05, 3.63) is 82.9 Å². The van der Waals surface area contributed by atoms with E-state index in [2.05, 4.69) is 6.92 Å². The van der Waals surface area contributed by atoms with Crippen LogP contribution in [0, 0.1) is 5.92 Å². The summed E-state index contributed by atoms with van der Waals surface area (Å²) in [5, 5.41) is -0.0931. The van der Waals surface area contributed by atoms with Crippen LogP contribution in [0.3, 0.4) is 0 Å². The van der Waals surface area contributed by atoms with Crippen LogP contribution in [0.4, 0.5) is 0 Å². The highest BCUT2D eigenvalue weighted by Crippen LogP contribution is 2.26. The summed E-state index contributed by atoms with van der Waals surface area (Å²) >= 11 is 12.5. The van der Waals surface area contributed by atoms with E-state index in [0.29, 0.717) is 22.1 Å². The van der Waals surface area contributed by atoms with Gasteiger partial charge in [-0.1, -0.05) is 88.4 Å². The molecule has 0 aliphatic carbocycles. The molecular formula is C31H34Cl2O4. The number of esters is 2. The van der Waals surface area contributed by atoms with Crippen molar-refractivity contribution in [2.45, 2.75) is 64.7 Å². The Hall–Kier alpha value is -2.82. The Kier molecular flexibility index (Phi) is 11.0. The third-order valence-electron chi connectivity index (χ3n) is 6.12. The van der Waals surface area contributed by atoms with Crippen molar-refractivity contribution >= 4 is 35.1 Å². The fraction of sp³-hybridized carbons (Fsp3) is 0.355. The van der Waals surface area contributed by atoms with Crippen molar-refractivity contribution in [2.75, 3.05) is 0 Å². The lowest BCUT2D eigenvalue weighted by atomic mass is 10.0. The number of hydrogen-bond donors (Lipinski definition) is 0. The predicted octanol–water partition coefficient (Wildman–Crippen LogP) is 8.91. The minimum Gasteiger partial charge on any atom is -0.425 e. The molecule has 0 fully saturated rings. The predicted molar refractivity (Wildman–Crippen MR) is 151 cm³/mol. The highest BCUT2D eigenvalue weighted by atomic mass is 35.5. The van der Waals surface area contributed by atoms with Gasteiger partial charge in [0, 0.05) is 5.02 Å². The normalized spacial score (nSPS) is 11.8. The van der Waals surface area contributed by atoms with Gasteiger partial charge < -0.3 is 9.47 Å². The Morgan fingerprint density at radius 3 is 1.89 bits per heavy atom. The number of ether oxygens (including phenoxy) is 2. The van der Waals surface area contributed by atoms with Crippen LogP contribution in [0.2, 0.25) is 5.02 Å². The maximum absolute atomic E-state index is 12.6. The SMILES string of the molecule is CCCCCCCc1ccc(C(=O)Oc2ccc(-c3ccc(OC(=O)C(Cl)C(C)C)cc3)cc2)cc1Cl. The number of aryl methyl sites for hydroxylation is 1. The summed E-state index contributed by atoms with van der Waals surface area (Å²) in [6, 6.07) is 19.8. The average molecular weight is 542 g/mol. The topological polar surface area (TPSA) is 52.6 Å². The van der Waals surface area contributed by atoms with Crippen LogP contribution in [-0.2, 0) is 11.2 Å². The molecule has 0 heterocycles. The van der Waals surface area contributed by atoms with Gasteiger partial charge in [0.25, 0.3) is 0 Å². The third kappa shape index (κ3) is 8.62. The van der Waals surface area contributed by atoms with E-state index in [1.54, 1.807) is 36.4 Å². The molecule has 3 aromatic carbocycles. The Morgan fingerprint density at radius 2 is 1.35 bits per heavy atom. The number of carbonyl (C=O) groups excluding carboxylic acids is 2. The van der Waals surface area contributed by atoms with Crippen molar-refractivity contribution < 1.29 is 19.1 Å². The molecule has 0 bridgehead atoms. The Bertz CT molecular complexity index is 1170. The lowest BCUT2D eigenvalue weighted by Crippen LogP contribution is -2.25. The number of halogens is 2. The molecule has 4 nitrogen and oxygen atoms in total. The van der Waals surface area contributed by atoms with Crippen LogP contribution >= 0.6 is 23.2 Å². The highest BCUT2D eigenvalue weighted by Gasteiger charge is 2.21. The van der Waals surface area contributed by atoms with Crippen molar-refractivity contribution in [3.8, 4) is 22.6 Å². The first-order valence-corrected chi connectivity index (χ1v) is 13.7. The molecule has 3 rings (SSSR count). The fourth-order valence-electron chi connectivity index (χ4n) is 3.84. The smallest absolute Gasteiger partial charge is 0.343 e. The Labute approximate surface area is 229 Å². The quantitative estimate of drug-likeness (QED) is 0.0994. The van der Waals surface area contributed by atoms with Crippen LogP contribution in [0.5, 0.6) is 11.5 Å². The van der Waals surface area contributed by atoms with Gasteiger partial charge in [-0.15, -0.1) is 11.6 Å². The Balaban J connectivity index is 1.56. The molecule has 0 aliphatic heterocycles. The van der Waals surface area contributed by atoms with E-state index in [4.69, 9.17) is 32.7 Å². The molecule has 0 aromatic heterocycles. The van der Waals surface area contributed by atoms with E-state index in [1.807, 2.05) is 44.2 Å². The van der Waals surface area contributed by atoms with Gasteiger partial charge in [0.1, 0.15) is 16.9 Å². The molecule has 3 aromatic rings. The van der Waals surface area contributed by atoms with Gasteiger partial charge >= 0.3 is 11.9 Å². The summed E-state index contributed by atoms with van der Waals surface area (Å²) in [6.07, 6.45) is 6.92. The van der Waals surface area contributed by atoms with Gasteiger partial charge in [-0.05, 0) is 71.8 Å². The number of rotatable bonds is 12. The van der Waals surface area contributed by atoms with Gasteiger partial charge in [-0.3, -0.25) is 4.79 Å². The van der Waals surface area contributed by atoms with Gasteiger partial charge in [-0.2, -0.15) is 0 Å². The average Bonchev–Trinajstić information content (AvgIpc) is 2.89. The van der Waals surface area contributed by atoms with Crippen LogP contribution in [-0.4, -0.2) is 17.3 Å². The first kappa shape index (κ1) is 28.7. The summed E-state index contributed by atoms with van der Waals surface area (Å²) in [6.45, 7) is 5.94. The second kappa shape index (κ2) is 14.2. The maximum atomic E-state index is 12.6. The fourth-order valence-corrected chi connectivity index (χ4v) is 4.16. The molecule has 0 saturated carbocycles. The zero-order chi connectivity index (χ0) is 26.8. The van der Waals surface area contributed by atoms with Gasteiger partial charge in [0.15, 0.2) is 0 Å². The second-order valence-corrected chi connectivity index (χ2v) is 10.4. The summed E-state index contributed by atoms with van der Waals surface area (Å²) in [7, 11) is 0. The minimum absolute atomic E-state index is 0.0116. The standard InChI is InChI=1S/C31H34Cl2O4/c1-4-5-6-7-8-9-24-10-11-25(20-28(24)32)30(34)36-26-16-12-22(13-17-26)23-14-18-27(19-15-23)37-31(35)29(33)21(2)3/h10-21,29H,4-9H2,1-3H3. The first-order chi connectivity index (χ1) is 17.8.